The van der Waals surface area contributed by atoms with E-state index in [2.05, 4.69) is 10.1 Å². The number of carbonyl (C=O) groups is 1. The highest BCUT2D eigenvalue weighted by Crippen LogP contribution is 2.15. The lowest BCUT2D eigenvalue weighted by Gasteiger charge is -2.20. The summed E-state index contributed by atoms with van der Waals surface area (Å²) >= 11 is 0. The molecule has 17 heavy (non-hydrogen) atoms. The molecule has 0 bridgehead atoms. The molecule has 1 N–H and O–H groups in total. The summed E-state index contributed by atoms with van der Waals surface area (Å²) in [5, 5.41) is 3.12. The van der Waals surface area contributed by atoms with Crippen LogP contribution in [0.25, 0.3) is 0 Å². The van der Waals surface area contributed by atoms with Gasteiger partial charge in [0, 0.05) is 6.04 Å². The predicted octanol–water partition coefficient (Wildman–Crippen LogP) is 2.43. The van der Waals surface area contributed by atoms with Crippen molar-refractivity contribution >= 4 is 5.97 Å². The average Bonchev–Trinajstić information content (AvgIpc) is 2.34. The van der Waals surface area contributed by atoms with Crippen molar-refractivity contribution in [2.45, 2.75) is 32.4 Å². The van der Waals surface area contributed by atoms with Gasteiger partial charge in [-0.05, 0) is 31.0 Å². The van der Waals surface area contributed by atoms with Gasteiger partial charge in [0.25, 0.3) is 0 Å². The molecule has 3 nitrogen and oxygen atoms in total. The lowest BCUT2D eigenvalue weighted by atomic mass is 10.1. The summed E-state index contributed by atoms with van der Waals surface area (Å²) in [5.41, 5.74) is 0.812. The fourth-order valence-corrected chi connectivity index (χ4v) is 1.67. The van der Waals surface area contributed by atoms with Crippen LogP contribution in [0.1, 0.15) is 31.9 Å². The van der Waals surface area contributed by atoms with Crippen molar-refractivity contribution in [1.82, 2.24) is 5.32 Å². The van der Waals surface area contributed by atoms with Crippen LogP contribution in [0, 0.1) is 5.82 Å². The third-order valence-electron chi connectivity index (χ3n) is 2.69. The Labute approximate surface area is 101 Å². The number of hydrogen-bond acceptors (Lipinski definition) is 3. The zero-order valence-corrected chi connectivity index (χ0v) is 10.4. The molecule has 94 valence electrons. The molecule has 1 unspecified atom stereocenters. The van der Waals surface area contributed by atoms with Gasteiger partial charge in [0.15, 0.2) is 0 Å². The second-order valence-corrected chi connectivity index (χ2v) is 3.93. The van der Waals surface area contributed by atoms with Crippen LogP contribution in [0.3, 0.4) is 0 Å². The second-order valence-electron chi connectivity index (χ2n) is 3.93. The Bertz CT molecular complexity index is 381. The largest absolute Gasteiger partial charge is 0.468 e. The number of hydrogen-bond donors (Lipinski definition) is 1. The van der Waals surface area contributed by atoms with Crippen LogP contribution in [0.15, 0.2) is 24.3 Å². The van der Waals surface area contributed by atoms with E-state index in [1.54, 1.807) is 6.07 Å². The molecule has 0 saturated carbocycles. The maximum Gasteiger partial charge on any atom is 0.322 e. The minimum Gasteiger partial charge on any atom is -0.468 e. The first-order valence-electron chi connectivity index (χ1n) is 5.67. The zero-order valence-electron chi connectivity index (χ0n) is 10.4. The van der Waals surface area contributed by atoms with Crippen LogP contribution in [0.4, 0.5) is 4.39 Å². The Morgan fingerprint density at radius 1 is 1.53 bits per heavy atom. The van der Waals surface area contributed by atoms with Crippen LogP contribution < -0.4 is 5.32 Å². The van der Waals surface area contributed by atoms with E-state index in [0.29, 0.717) is 6.42 Å². The summed E-state index contributed by atoms with van der Waals surface area (Å²) in [6, 6.07) is 5.87. The highest BCUT2D eigenvalue weighted by atomic mass is 19.1. The Hall–Kier alpha value is -1.42. The molecule has 1 aromatic carbocycles. The average molecular weight is 239 g/mol. The third kappa shape index (κ3) is 3.82. The molecular weight excluding hydrogens is 221 g/mol. The van der Waals surface area contributed by atoms with E-state index in [-0.39, 0.29) is 23.9 Å². The van der Waals surface area contributed by atoms with Gasteiger partial charge in [-0.15, -0.1) is 0 Å². The standard InChI is InChI=1S/C13H18FNO2/c1-4-12(13(16)17-3)15-9(2)10-6-5-7-11(14)8-10/h5-9,12,15H,4H2,1-3H3/t9-,12?/m1/s1. The molecule has 0 saturated heterocycles. The zero-order chi connectivity index (χ0) is 12.8. The van der Waals surface area contributed by atoms with E-state index < -0.39 is 0 Å². The van der Waals surface area contributed by atoms with Crippen molar-refractivity contribution < 1.29 is 13.9 Å². The number of halogens is 1. The molecule has 1 aromatic rings. The van der Waals surface area contributed by atoms with Crippen LogP contribution in [-0.4, -0.2) is 19.1 Å². The predicted molar refractivity (Wildman–Crippen MR) is 64.0 cm³/mol. The number of nitrogens with one attached hydrogen (secondary N) is 1. The van der Waals surface area contributed by atoms with E-state index >= 15 is 0 Å². The Kier molecular flexibility index (Phi) is 5.10. The summed E-state index contributed by atoms with van der Waals surface area (Å²) in [5.74, 6) is -0.571. The van der Waals surface area contributed by atoms with Crippen molar-refractivity contribution in [3.63, 3.8) is 0 Å². The normalized spacial score (nSPS) is 14.1. The van der Waals surface area contributed by atoms with Crippen LogP contribution in [0.2, 0.25) is 0 Å². The van der Waals surface area contributed by atoms with E-state index in [1.807, 2.05) is 19.9 Å². The first kappa shape index (κ1) is 13.6. The van der Waals surface area contributed by atoms with Gasteiger partial charge in [-0.3, -0.25) is 10.1 Å². The van der Waals surface area contributed by atoms with Gasteiger partial charge in [-0.2, -0.15) is 0 Å². The fraction of sp³-hybridized carbons (Fsp3) is 0.462. The monoisotopic (exact) mass is 239 g/mol. The summed E-state index contributed by atoms with van der Waals surface area (Å²) in [7, 11) is 1.36. The first-order chi connectivity index (χ1) is 8.08. The number of methoxy groups -OCH3 is 1. The van der Waals surface area contributed by atoms with E-state index in [1.165, 1.54) is 19.2 Å². The summed E-state index contributed by atoms with van der Waals surface area (Å²) < 4.78 is 17.7. The molecule has 0 amide bonds. The Morgan fingerprint density at radius 2 is 2.24 bits per heavy atom. The molecule has 4 heteroatoms. The van der Waals surface area contributed by atoms with Gasteiger partial charge in [-0.1, -0.05) is 19.1 Å². The van der Waals surface area contributed by atoms with E-state index in [0.717, 1.165) is 5.56 Å². The molecule has 1 rings (SSSR count). The van der Waals surface area contributed by atoms with Crippen molar-refractivity contribution in [2.75, 3.05) is 7.11 Å². The number of esters is 1. The SMILES string of the molecule is CCC(N[C@H](C)c1cccc(F)c1)C(=O)OC. The lowest BCUT2D eigenvalue weighted by molar-refractivity contribution is -0.143. The summed E-state index contributed by atoms with van der Waals surface area (Å²) in [6.07, 6.45) is 0.631. The molecule has 0 aliphatic carbocycles. The van der Waals surface area contributed by atoms with Crippen molar-refractivity contribution in [1.29, 1.82) is 0 Å². The number of carbonyl (C=O) groups excluding carboxylic acids is 1. The smallest absolute Gasteiger partial charge is 0.322 e. The van der Waals surface area contributed by atoms with Crippen molar-refractivity contribution in [2.24, 2.45) is 0 Å². The maximum atomic E-state index is 13.1. The first-order valence-corrected chi connectivity index (χ1v) is 5.67. The molecular formula is C13H18FNO2. The van der Waals surface area contributed by atoms with Gasteiger partial charge in [0.2, 0.25) is 0 Å². The molecule has 0 aliphatic rings. The van der Waals surface area contributed by atoms with Crippen molar-refractivity contribution in [3.05, 3.63) is 35.6 Å². The van der Waals surface area contributed by atoms with Gasteiger partial charge in [-0.25, -0.2) is 4.39 Å². The van der Waals surface area contributed by atoms with Gasteiger partial charge in [0.05, 0.1) is 7.11 Å². The molecule has 0 spiro atoms. The molecule has 2 atom stereocenters. The van der Waals surface area contributed by atoms with Crippen molar-refractivity contribution in [3.8, 4) is 0 Å². The molecule has 0 fully saturated rings. The second kappa shape index (κ2) is 6.35. The molecule has 0 radical (unpaired) electrons. The summed E-state index contributed by atoms with van der Waals surface area (Å²) in [6.45, 7) is 3.78. The van der Waals surface area contributed by atoms with E-state index in [4.69, 9.17) is 0 Å². The molecule has 0 aliphatic heterocycles. The highest BCUT2D eigenvalue weighted by Gasteiger charge is 2.19. The number of benzene rings is 1. The minimum absolute atomic E-state index is 0.102. The highest BCUT2D eigenvalue weighted by molar-refractivity contribution is 5.75. The number of ether oxygens (including phenoxy) is 1. The Balaban J connectivity index is 2.70. The quantitative estimate of drug-likeness (QED) is 0.802. The van der Waals surface area contributed by atoms with Crippen LogP contribution in [0.5, 0.6) is 0 Å². The molecule has 0 heterocycles. The van der Waals surface area contributed by atoms with Crippen LogP contribution >= 0.6 is 0 Å². The van der Waals surface area contributed by atoms with Crippen LogP contribution in [-0.2, 0) is 9.53 Å². The van der Waals surface area contributed by atoms with E-state index in [9.17, 15) is 9.18 Å². The topological polar surface area (TPSA) is 38.3 Å². The minimum atomic E-state index is -0.363. The Morgan fingerprint density at radius 3 is 2.76 bits per heavy atom. The fourth-order valence-electron chi connectivity index (χ4n) is 1.67. The van der Waals surface area contributed by atoms with Gasteiger partial charge < -0.3 is 4.74 Å². The number of rotatable bonds is 5. The maximum absolute atomic E-state index is 13.1. The third-order valence-corrected chi connectivity index (χ3v) is 2.69. The summed E-state index contributed by atoms with van der Waals surface area (Å²) in [4.78, 5) is 11.4. The lowest BCUT2D eigenvalue weighted by Crippen LogP contribution is -2.38. The van der Waals surface area contributed by atoms with Gasteiger partial charge >= 0.3 is 5.97 Å². The molecule has 0 aromatic heterocycles. The van der Waals surface area contributed by atoms with Gasteiger partial charge in [0.1, 0.15) is 11.9 Å².